The van der Waals surface area contributed by atoms with Crippen molar-refractivity contribution in [2.75, 3.05) is 0 Å². The molecule has 4 aromatic rings. The lowest BCUT2D eigenvalue weighted by Crippen LogP contribution is -2.60. The van der Waals surface area contributed by atoms with E-state index in [1.54, 1.807) is 0 Å². The zero-order valence-corrected chi connectivity index (χ0v) is 35.5. The van der Waals surface area contributed by atoms with Crippen LogP contribution in [0.4, 0.5) is 0 Å². The van der Waals surface area contributed by atoms with Crippen molar-refractivity contribution in [3.8, 4) is 22.6 Å². The van der Waals surface area contributed by atoms with Crippen LogP contribution < -0.4 is 8.85 Å². The van der Waals surface area contributed by atoms with E-state index in [1.165, 1.54) is 58.4 Å². The van der Waals surface area contributed by atoms with Gasteiger partial charge in [-0.05, 0) is 93.1 Å². The molecule has 1 aliphatic heterocycles. The molecule has 2 fully saturated rings. The van der Waals surface area contributed by atoms with Crippen LogP contribution in [0.15, 0.2) is 72.8 Å². The van der Waals surface area contributed by atoms with Crippen molar-refractivity contribution in [2.45, 2.75) is 129 Å². The highest BCUT2D eigenvalue weighted by Gasteiger charge is 2.69. The first kappa shape index (κ1) is 35.1. The molecule has 2 aliphatic carbocycles. The molecule has 262 valence electrons. The Balaban J connectivity index is 1.57. The van der Waals surface area contributed by atoms with Crippen LogP contribution in [0.3, 0.4) is 0 Å². The average Bonchev–Trinajstić information content (AvgIpc) is 3.65. The van der Waals surface area contributed by atoms with Crippen LogP contribution in [-0.4, -0.2) is 24.7 Å². The second-order valence-corrected chi connectivity index (χ2v) is 34.8. The molecular weight excluding hydrogens is 645 g/mol. The van der Waals surface area contributed by atoms with Gasteiger partial charge in [0.15, 0.2) is 0 Å². The maximum Gasteiger partial charge on any atom is 0.466 e. The van der Waals surface area contributed by atoms with E-state index in [0.29, 0.717) is 34.0 Å². The number of benzene rings is 4. The molecule has 0 saturated heterocycles. The lowest BCUT2D eigenvalue weighted by molar-refractivity contribution is 0.238. The van der Waals surface area contributed by atoms with Crippen LogP contribution in [0.1, 0.15) is 67.2 Å². The number of rotatable bonds is 4. The first-order chi connectivity index (χ1) is 22.8. The van der Waals surface area contributed by atoms with Gasteiger partial charge in [-0.25, -0.2) is 0 Å². The highest BCUT2D eigenvalue weighted by Crippen LogP contribution is 2.68. The van der Waals surface area contributed by atoms with Crippen molar-refractivity contribution in [3.05, 3.63) is 72.8 Å². The average molecular weight is 707 g/mol. The molecule has 1 heterocycles. The van der Waals surface area contributed by atoms with E-state index in [4.69, 9.17) is 8.85 Å². The molecule has 0 N–H and O–H groups in total. The van der Waals surface area contributed by atoms with E-state index in [-0.39, 0.29) is 10.8 Å². The van der Waals surface area contributed by atoms with Gasteiger partial charge in [0, 0.05) is 38.4 Å². The topological polar surface area (TPSA) is 18.5 Å². The fourth-order valence-corrected chi connectivity index (χ4v) is 24.3. The summed E-state index contributed by atoms with van der Waals surface area (Å²) in [6.45, 7) is 30.8. The molecule has 0 aromatic heterocycles. The molecule has 6 unspecified atom stereocenters. The standard InChI is InChI=1S/C44H62O2Si3/c1-43(2,3)31-25-37(47(7,8)9)39(27-31)49(40-28-32(44(4,5)6)26-38(40)48(10,11)12)45-35-23-21-29-17-13-15-19-33(29)41(35)42-34-20-16-14-18-30(34)22-24-36(42)46-49/h13-24,31-32,37-40H,25-28H2,1-12H3. The largest absolute Gasteiger partial charge is 0.511 e. The van der Waals surface area contributed by atoms with Crippen LogP contribution in [-0.2, 0) is 0 Å². The van der Waals surface area contributed by atoms with Crippen molar-refractivity contribution in [2.24, 2.45) is 22.7 Å². The third-order valence-electron chi connectivity index (χ3n) is 13.4. The summed E-state index contributed by atoms with van der Waals surface area (Å²) in [5, 5.41) is 5.07. The molecule has 4 aromatic carbocycles. The normalized spacial score (nSPS) is 27.3. The van der Waals surface area contributed by atoms with E-state index in [2.05, 4.69) is 154 Å². The van der Waals surface area contributed by atoms with Gasteiger partial charge < -0.3 is 8.85 Å². The minimum atomic E-state index is -3.06. The monoisotopic (exact) mass is 706 g/mol. The molecule has 0 bridgehead atoms. The van der Waals surface area contributed by atoms with Crippen molar-refractivity contribution in [1.82, 2.24) is 0 Å². The van der Waals surface area contributed by atoms with E-state index in [0.717, 1.165) is 11.5 Å². The third-order valence-corrected chi connectivity index (χ3v) is 24.2. The van der Waals surface area contributed by atoms with Gasteiger partial charge in [-0.2, -0.15) is 0 Å². The Hall–Kier alpha value is -2.35. The summed E-state index contributed by atoms with van der Waals surface area (Å²) in [6, 6.07) is 27.2. The summed E-state index contributed by atoms with van der Waals surface area (Å²) in [5.74, 6) is 3.49. The minimum absolute atomic E-state index is 0.261. The van der Waals surface area contributed by atoms with Crippen LogP contribution >= 0.6 is 0 Å². The maximum atomic E-state index is 8.19. The Labute approximate surface area is 300 Å². The fraction of sp³-hybridized carbons (Fsp3) is 0.545. The van der Waals surface area contributed by atoms with Gasteiger partial charge in [0.2, 0.25) is 0 Å². The van der Waals surface area contributed by atoms with Gasteiger partial charge >= 0.3 is 8.56 Å². The summed E-state index contributed by atoms with van der Waals surface area (Å²) < 4.78 is 16.4. The first-order valence-electron chi connectivity index (χ1n) is 19.2. The van der Waals surface area contributed by atoms with Crippen LogP contribution in [0.2, 0.25) is 61.4 Å². The number of fused-ring (bicyclic) bond motifs is 7. The van der Waals surface area contributed by atoms with Gasteiger partial charge in [0.1, 0.15) is 11.5 Å². The highest BCUT2D eigenvalue weighted by molar-refractivity contribution is 6.84. The Morgan fingerprint density at radius 1 is 0.510 bits per heavy atom. The van der Waals surface area contributed by atoms with Crippen molar-refractivity contribution in [3.63, 3.8) is 0 Å². The summed E-state index contributed by atoms with van der Waals surface area (Å²) >= 11 is 0. The van der Waals surface area contributed by atoms with Crippen LogP contribution in [0.5, 0.6) is 11.5 Å². The molecule has 5 heteroatoms. The number of hydrogen-bond donors (Lipinski definition) is 0. The molecule has 0 spiro atoms. The predicted molar refractivity (Wildman–Crippen MR) is 220 cm³/mol. The minimum Gasteiger partial charge on any atom is -0.511 e. The molecule has 7 rings (SSSR count). The van der Waals surface area contributed by atoms with Crippen LogP contribution in [0.25, 0.3) is 32.7 Å². The van der Waals surface area contributed by atoms with Gasteiger partial charge in [-0.3, -0.25) is 0 Å². The lowest BCUT2D eigenvalue weighted by Gasteiger charge is -2.47. The second-order valence-electron chi connectivity index (χ2n) is 20.5. The molecule has 6 atom stereocenters. The van der Waals surface area contributed by atoms with E-state index < -0.39 is 24.7 Å². The Kier molecular flexibility index (Phi) is 8.48. The SMILES string of the molecule is CC(C)(C)C1CC([Si](C)(C)C)C([Si]2(C3CC(C(C)(C)C)CC3[Si](C)(C)C)Oc3ccc4ccccc4c3-c3c(ccc4ccccc34)O2)C1. The van der Waals surface area contributed by atoms with Gasteiger partial charge in [0.05, 0.1) is 0 Å². The van der Waals surface area contributed by atoms with Crippen molar-refractivity contribution in [1.29, 1.82) is 0 Å². The fourth-order valence-electron chi connectivity index (χ4n) is 10.4. The van der Waals surface area contributed by atoms with Crippen molar-refractivity contribution < 1.29 is 8.85 Å². The quantitative estimate of drug-likeness (QED) is 0.197. The highest BCUT2D eigenvalue weighted by atomic mass is 28.4. The molecule has 2 saturated carbocycles. The van der Waals surface area contributed by atoms with E-state index in [9.17, 15) is 0 Å². The maximum absolute atomic E-state index is 8.19. The molecular formula is C44H62O2Si3. The summed E-state index contributed by atoms with van der Waals surface area (Å²) in [5.41, 5.74) is 5.27. The Morgan fingerprint density at radius 2 is 0.878 bits per heavy atom. The zero-order valence-electron chi connectivity index (χ0n) is 32.5. The summed E-state index contributed by atoms with van der Waals surface area (Å²) in [6.07, 6.45) is 5.08. The van der Waals surface area contributed by atoms with Gasteiger partial charge in [0.25, 0.3) is 0 Å². The molecule has 49 heavy (non-hydrogen) atoms. The molecule has 0 radical (unpaired) electrons. The van der Waals surface area contributed by atoms with E-state index in [1.807, 2.05) is 0 Å². The van der Waals surface area contributed by atoms with Crippen LogP contribution in [0, 0.1) is 22.7 Å². The van der Waals surface area contributed by atoms with E-state index >= 15 is 0 Å². The number of hydrogen-bond acceptors (Lipinski definition) is 2. The third kappa shape index (κ3) is 6.08. The second kappa shape index (κ2) is 11.8. The Morgan fingerprint density at radius 3 is 1.22 bits per heavy atom. The predicted octanol–water partition coefficient (Wildman–Crippen LogP) is 13.9. The smallest absolute Gasteiger partial charge is 0.466 e. The molecule has 2 nitrogen and oxygen atoms in total. The van der Waals surface area contributed by atoms with Gasteiger partial charge in [-0.15, -0.1) is 0 Å². The van der Waals surface area contributed by atoms with Gasteiger partial charge in [-0.1, -0.05) is 141 Å². The molecule has 3 aliphatic rings. The summed E-state index contributed by atoms with van der Waals surface area (Å²) in [4.78, 5) is 0. The first-order valence-corrected chi connectivity index (χ1v) is 28.3. The zero-order chi connectivity index (χ0) is 35.3. The Bertz CT molecular complexity index is 1730. The lowest BCUT2D eigenvalue weighted by atomic mass is 9.80. The van der Waals surface area contributed by atoms with Crippen molar-refractivity contribution >= 4 is 46.3 Å². The summed E-state index contributed by atoms with van der Waals surface area (Å²) in [7, 11) is -6.29. The molecule has 0 amide bonds.